The Kier molecular flexibility index (Phi) is 3.19. The third-order valence-corrected chi connectivity index (χ3v) is 1.83. The second-order valence-electron chi connectivity index (χ2n) is 2.74. The molecule has 0 saturated carbocycles. The summed E-state index contributed by atoms with van der Waals surface area (Å²) in [7, 11) is 0. The van der Waals surface area contributed by atoms with Crippen LogP contribution in [0, 0.1) is 0 Å². The monoisotopic (exact) mass is 199 g/mol. The largest absolute Gasteiger partial charge is 0.461 e. The summed E-state index contributed by atoms with van der Waals surface area (Å²) in [5, 5.41) is 4.95. The number of rotatable bonds is 3. The number of hydrazone groups is 1. The average Bonchev–Trinajstić information content (AvgIpc) is 2.44. The molecule has 0 aromatic heterocycles. The molecule has 6 nitrogen and oxygen atoms in total. The highest BCUT2D eigenvalue weighted by molar-refractivity contribution is 6.44. The summed E-state index contributed by atoms with van der Waals surface area (Å²) in [6.45, 7) is 4.07. The first-order chi connectivity index (χ1) is 6.61. The van der Waals surface area contributed by atoms with Crippen LogP contribution in [0.1, 0.15) is 13.8 Å². The van der Waals surface area contributed by atoms with E-state index in [-0.39, 0.29) is 18.2 Å². The lowest BCUT2D eigenvalue weighted by molar-refractivity contribution is -0.135. The quantitative estimate of drug-likeness (QED) is 0.596. The molecule has 14 heavy (non-hydrogen) atoms. The van der Waals surface area contributed by atoms with E-state index < -0.39 is 12.0 Å². The first-order valence-corrected chi connectivity index (χ1v) is 4.44. The van der Waals surface area contributed by atoms with E-state index in [2.05, 4.69) is 5.10 Å². The van der Waals surface area contributed by atoms with Crippen molar-refractivity contribution >= 4 is 17.6 Å². The molecule has 1 unspecified atom stereocenters. The van der Waals surface area contributed by atoms with E-state index in [0.29, 0.717) is 6.54 Å². The number of esters is 1. The van der Waals surface area contributed by atoms with Crippen molar-refractivity contribution in [2.45, 2.75) is 19.9 Å². The maximum absolute atomic E-state index is 11.3. The molecule has 0 aromatic rings. The minimum Gasteiger partial charge on any atom is -0.461 e. The van der Waals surface area contributed by atoms with E-state index in [1.54, 1.807) is 13.8 Å². The number of hydrogen-bond donors (Lipinski definition) is 1. The lowest BCUT2D eigenvalue weighted by Crippen LogP contribution is -2.42. The van der Waals surface area contributed by atoms with Gasteiger partial charge in [-0.15, -0.1) is 0 Å². The fourth-order valence-electron chi connectivity index (χ4n) is 1.12. The molecule has 0 bridgehead atoms. The molecule has 0 aromatic carbocycles. The summed E-state index contributed by atoms with van der Waals surface area (Å²) in [4.78, 5) is 22.6. The molecule has 1 amide bonds. The van der Waals surface area contributed by atoms with Gasteiger partial charge in [0.25, 0.3) is 5.91 Å². The minimum atomic E-state index is -0.978. The Morgan fingerprint density at radius 2 is 2.29 bits per heavy atom. The Morgan fingerprint density at radius 1 is 1.64 bits per heavy atom. The third kappa shape index (κ3) is 1.74. The van der Waals surface area contributed by atoms with Gasteiger partial charge in [-0.2, -0.15) is 5.10 Å². The van der Waals surface area contributed by atoms with Crippen molar-refractivity contribution in [2.24, 2.45) is 10.8 Å². The molecular formula is C8H13N3O3. The standard InChI is InChI=1S/C8H13N3O3/c1-3-11-7(12)5(9)6(10-11)8(13)14-4-2/h5H,3-4,9H2,1-2H3. The number of likely N-dealkylation sites (N-methyl/N-ethyl adjacent to an activating group) is 1. The van der Waals surface area contributed by atoms with E-state index in [0.717, 1.165) is 5.01 Å². The summed E-state index contributed by atoms with van der Waals surface area (Å²) in [6, 6.07) is -0.978. The Balaban J connectivity index is 2.79. The molecule has 78 valence electrons. The Bertz CT molecular complexity index is 288. The molecule has 2 N–H and O–H groups in total. The lowest BCUT2D eigenvalue weighted by atomic mass is 10.2. The van der Waals surface area contributed by atoms with Crippen LogP contribution < -0.4 is 5.73 Å². The summed E-state index contributed by atoms with van der Waals surface area (Å²) in [5.41, 5.74) is 5.48. The molecule has 6 heteroatoms. The highest BCUT2D eigenvalue weighted by Gasteiger charge is 2.36. The zero-order chi connectivity index (χ0) is 10.7. The number of ether oxygens (including phenoxy) is 1. The topological polar surface area (TPSA) is 85.0 Å². The van der Waals surface area contributed by atoms with Crippen molar-refractivity contribution in [3.05, 3.63) is 0 Å². The van der Waals surface area contributed by atoms with Crippen LogP contribution in [-0.2, 0) is 14.3 Å². The number of carbonyl (C=O) groups is 2. The van der Waals surface area contributed by atoms with Gasteiger partial charge in [-0.05, 0) is 13.8 Å². The fraction of sp³-hybridized carbons (Fsp3) is 0.625. The van der Waals surface area contributed by atoms with Gasteiger partial charge in [0.2, 0.25) is 0 Å². The second kappa shape index (κ2) is 4.19. The molecule has 1 aliphatic rings. The normalized spacial score (nSPS) is 21.1. The number of amides is 1. The Morgan fingerprint density at radius 3 is 2.71 bits per heavy atom. The Hall–Kier alpha value is -1.43. The molecule has 0 fully saturated rings. The maximum Gasteiger partial charge on any atom is 0.356 e. The van der Waals surface area contributed by atoms with E-state index in [4.69, 9.17) is 10.5 Å². The van der Waals surface area contributed by atoms with E-state index in [9.17, 15) is 9.59 Å². The van der Waals surface area contributed by atoms with E-state index in [1.807, 2.05) is 0 Å². The van der Waals surface area contributed by atoms with Gasteiger partial charge in [-0.3, -0.25) is 4.79 Å². The summed E-state index contributed by atoms with van der Waals surface area (Å²) >= 11 is 0. The van der Waals surface area contributed by atoms with Gasteiger partial charge in [-0.25, -0.2) is 9.80 Å². The molecule has 1 rings (SSSR count). The van der Waals surface area contributed by atoms with E-state index in [1.165, 1.54) is 0 Å². The van der Waals surface area contributed by atoms with Gasteiger partial charge >= 0.3 is 5.97 Å². The molecule has 1 atom stereocenters. The van der Waals surface area contributed by atoms with Gasteiger partial charge in [0.1, 0.15) is 6.04 Å². The molecular weight excluding hydrogens is 186 g/mol. The fourth-order valence-corrected chi connectivity index (χ4v) is 1.12. The number of carbonyl (C=O) groups excluding carboxylic acids is 2. The minimum absolute atomic E-state index is 0.0151. The van der Waals surface area contributed by atoms with Crippen molar-refractivity contribution in [2.75, 3.05) is 13.2 Å². The van der Waals surface area contributed by atoms with Crippen LogP contribution >= 0.6 is 0 Å². The number of nitrogens with zero attached hydrogens (tertiary/aromatic N) is 2. The predicted octanol–water partition coefficient (Wildman–Crippen LogP) is -0.905. The molecule has 1 aliphatic heterocycles. The van der Waals surface area contributed by atoms with Crippen molar-refractivity contribution in [1.82, 2.24) is 5.01 Å². The zero-order valence-electron chi connectivity index (χ0n) is 8.19. The summed E-state index contributed by atoms with van der Waals surface area (Å²) < 4.78 is 4.71. The zero-order valence-corrected chi connectivity index (χ0v) is 8.19. The first-order valence-electron chi connectivity index (χ1n) is 4.44. The SMILES string of the molecule is CCOC(=O)C1=NN(CC)C(=O)C1N. The van der Waals surface area contributed by atoms with Gasteiger partial charge < -0.3 is 10.5 Å². The van der Waals surface area contributed by atoms with Crippen LogP contribution in [0.3, 0.4) is 0 Å². The predicted molar refractivity (Wildman–Crippen MR) is 49.4 cm³/mol. The highest BCUT2D eigenvalue weighted by atomic mass is 16.5. The molecule has 0 aliphatic carbocycles. The van der Waals surface area contributed by atoms with Crippen molar-refractivity contribution in [3.8, 4) is 0 Å². The second-order valence-corrected chi connectivity index (χ2v) is 2.74. The van der Waals surface area contributed by atoms with Gasteiger partial charge in [0.15, 0.2) is 5.71 Å². The molecule has 0 radical (unpaired) electrons. The van der Waals surface area contributed by atoms with Crippen LogP contribution in [0.5, 0.6) is 0 Å². The average molecular weight is 199 g/mol. The summed E-state index contributed by atoms with van der Waals surface area (Å²) in [5.74, 6) is -0.986. The van der Waals surface area contributed by atoms with Gasteiger partial charge in [0, 0.05) is 6.54 Å². The first kappa shape index (κ1) is 10.6. The summed E-state index contributed by atoms with van der Waals surface area (Å²) in [6.07, 6.45) is 0. The van der Waals surface area contributed by atoms with Crippen molar-refractivity contribution in [1.29, 1.82) is 0 Å². The van der Waals surface area contributed by atoms with Crippen molar-refractivity contribution < 1.29 is 14.3 Å². The van der Waals surface area contributed by atoms with E-state index >= 15 is 0 Å². The maximum atomic E-state index is 11.3. The number of nitrogens with two attached hydrogens (primary N) is 1. The van der Waals surface area contributed by atoms with Gasteiger partial charge in [0.05, 0.1) is 6.61 Å². The third-order valence-electron chi connectivity index (χ3n) is 1.83. The molecule has 0 spiro atoms. The van der Waals surface area contributed by atoms with Crippen LogP contribution in [0.4, 0.5) is 0 Å². The smallest absolute Gasteiger partial charge is 0.356 e. The Labute approximate surface area is 81.7 Å². The molecule has 1 heterocycles. The van der Waals surface area contributed by atoms with Crippen molar-refractivity contribution in [3.63, 3.8) is 0 Å². The van der Waals surface area contributed by atoms with Crippen LogP contribution in [0.15, 0.2) is 5.10 Å². The highest BCUT2D eigenvalue weighted by Crippen LogP contribution is 2.07. The number of hydrogen-bond acceptors (Lipinski definition) is 5. The lowest BCUT2D eigenvalue weighted by Gasteiger charge is -2.07. The van der Waals surface area contributed by atoms with Crippen LogP contribution in [0.25, 0.3) is 0 Å². The van der Waals surface area contributed by atoms with Crippen LogP contribution in [0.2, 0.25) is 0 Å². The van der Waals surface area contributed by atoms with Crippen LogP contribution in [-0.4, -0.2) is 41.8 Å². The molecule has 0 saturated heterocycles. The van der Waals surface area contributed by atoms with Gasteiger partial charge in [-0.1, -0.05) is 0 Å².